The van der Waals surface area contributed by atoms with Crippen molar-refractivity contribution in [2.45, 2.75) is 48.5 Å². The fraction of sp³-hybridized carbons (Fsp3) is 0.381. The molecule has 1 aliphatic rings. The van der Waals surface area contributed by atoms with Crippen LogP contribution in [0.25, 0.3) is 11.0 Å². The lowest BCUT2D eigenvalue weighted by molar-refractivity contribution is -0.205. The molecule has 1 saturated heterocycles. The Balaban J connectivity index is 1.67. The van der Waals surface area contributed by atoms with E-state index in [0.717, 1.165) is 16.6 Å². The zero-order valence-corrected chi connectivity index (χ0v) is 16.7. The van der Waals surface area contributed by atoms with Crippen LogP contribution in [0.1, 0.15) is 11.1 Å². The number of benzene rings is 2. The van der Waals surface area contributed by atoms with E-state index < -0.39 is 36.5 Å². The Labute approximate surface area is 172 Å². The Morgan fingerprint density at radius 1 is 1.00 bits per heavy atom. The average molecular weight is 416 g/mol. The van der Waals surface area contributed by atoms with Gasteiger partial charge in [0.25, 0.3) is 0 Å². The highest BCUT2D eigenvalue weighted by molar-refractivity contribution is 7.99. The molecule has 0 aliphatic carbocycles. The van der Waals surface area contributed by atoms with Gasteiger partial charge in [-0.25, -0.2) is 4.98 Å². The summed E-state index contributed by atoms with van der Waals surface area (Å²) in [5.74, 6) is 0. The van der Waals surface area contributed by atoms with E-state index in [1.165, 1.54) is 17.3 Å². The summed E-state index contributed by atoms with van der Waals surface area (Å²) < 4.78 is 7.68. The van der Waals surface area contributed by atoms with E-state index in [0.29, 0.717) is 11.7 Å². The number of aliphatic hydroxyl groups is 4. The number of para-hydroxylation sites is 2. The van der Waals surface area contributed by atoms with Crippen molar-refractivity contribution in [1.29, 1.82) is 0 Å². The third-order valence-electron chi connectivity index (χ3n) is 5.15. The first-order valence-electron chi connectivity index (χ1n) is 9.46. The minimum atomic E-state index is -1.41. The number of thioether (sulfide) groups is 1. The highest BCUT2D eigenvalue weighted by Gasteiger charge is 2.44. The van der Waals surface area contributed by atoms with Crippen molar-refractivity contribution >= 4 is 22.8 Å². The summed E-state index contributed by atoms with van der Waals surface area (Å²) >= 11 is 1.17. The lowest BCUT2D eigenvalue weighted by Crippen LogP contribution is -2.57. The minimum Gasteiger partial charge on any atom is -0.394 e. The van der Waals surface area contributed by atoms with Crippen LogP contribution >= 0.6 is 11.8 Å². The maximum Gasteiger partial charge on any atom is 0.171 e. The quantitative estimate of drug-likeness (QED) is 0.496. The Bertz CT molecular complexity index is 975. The van der Waals surface area contributed by atoms with Crippen LogP contribution in [-0.2, 0) is 11.3 Å². The van der Waals surface area contributed by atoms with Crippen LogP contribution in [0.2, 0.25) is 0 Å². The van der Waals surface area contributed by atoms with Gasteiger partial charge < -0.3 is 29.7 Å². The number of rotatable bonds is 5. The van der Waals surface area contributed by atoms with Crippen LogP contribution in [-0.4, -0.2) is 66.4 Å². The van der Waals surface area contributed by atoms with Crippen LogP contribution in [0.15, 0.2) is 53.7 Å². The molecule has 7 nitrogen and oxygen atoms in total. The predicted octanol–water partition coefficient (Wildman–Crippen LogP) is 1.29. The van der Waals surface area contributed by atoms with Crippen molar-refractivity contribution in [3.05, 3.63) is 59.7 Å². The highest BCUT2D eigenvalue weighted by atomic mass is 32.2. The lowest BCUT2D eigenvalue weighted by atomic mass is 10.0. The molecule has 0 radical (unpaired) electrons. The summed E-state index contributed by atoms with van der Waals surface area (Å²) in [5.41, 5.74) is 3.17. The van der Waals surface area contributed by atoms with Gasteiger partial charge in [-0.1, -0.05) is 53.7 Å². The van der Waals surface area contributed by atoms with Gasteiger partial charge in [0.15, 0.2) is 5.16 Å². The van der Waals surface area contributed by atoms with Gasteiger partial charge in [-0.2, -0.15) is 0 Å². The van der Waals surface area contributed by atoms with Crippen molar-refractivity contribution in [2.24, 2.45) is 0 Å². The summed E-state index contributed by atoms with van der Waals surface area (Å²) in [4.78, 5) is 4.68. The van der Waals surface area contributed by atoms with Gasteiger partial charge in [-0.05, 0) is 24.6 Å². The van der Waals surface area contributed by atoms with Gasteiger partial charge in [0, 0.05) is 0 Å². The Morgan fingerprint density at radius 3 is 2.45 bits per heavy atom. The molecule has 2 aromatic carbocycles. The number of hydrogen-bond acceptors (Lipinski definition) is 7. The SMILES string of the molecule is Cc1ccc(Cn2c(SC3OC(CO)C(O)C(O)C3O)nc3ccccc32)cc1. The van der Waals surface area contributed by atoms with E-state index in [1.54, 1.807) is 0 Å². The van der Waals surface area contributed by atoms with E-state index in [9.17, 15) is 20.4 Å². The van der Waals surface area contributed by atoms with E-state index in [2.05, 4.69) is 29.2 Å². The topological polar surface area (TPSA) is 108 Å². The minimum absolute atomic E-state index is 0.457. The maximum absolute atomic E-state index is 10.4. The van der Waals surface area contributed by atoms with E-state index in [1.807, 2.05) is 35.8 Å². The summed E-state index contributed by atoms with van der Waals surface area (Å²) in [6.07, 6.45) is -5.04. The first-order chi connectivity index (χ1) is 14.0. The molecular formula is C21H24N2O5S. The van der Waals surface area contributed by atoms with Crippen LogP contribution in [0.3, 0.4) is 0 Å². The van der Waals surface area contributed by atoms with Gasteiger partial charge >= 0.3 is 0 Å². The van der Waals surface area contributed by atoms with Crippen molar-refractivity contribution in [2.75, 3.05) is 6.61 Å². The zero-order valence-electron chi connectivity index (χ0n) is 15.9. The first-order valence-corrected chi connectivity index (χ1v) is 10.3. The molecule has 5 unspecified atom stereocenters. The summed E-state index contributed by atoms with van der Waals surface area (Å²) in [5, 5.41) is 40.5. The number of ether oxygens (including phenoxy) is 1. The zero-order chi connectivity index (χ0) is 20.5. The first kappa shape index (κ1) is 20.3. The molecule has 8 heteroatoms. The smallest absolute Gasteiger partial charge is 0.171 e. The molecule has 154 valence electrons. The second kappa shape index (κ2) is 8.43. The van der Waals surface area contributed by atoms with Gasteiger partial charge in [0.1, 0.15) is 29.9 Å². The lowest BCUT2D eigenvalue weighted by Gasteiger charge is -2.39. The van der Waals surface area contributed by atoms with E-state index in [-0.39, 0.29) is 0 Å². The standard InChI is InChI=1S/C21H24N2O5S/c1-12-6-8-13(9-7-12)10-23-15-5-3-2-4-14(15)22-21(23)29-20-19(27)18(26)17(25)16(11-24)28-20/h2-9,16-20,24-27H,10-11H2,1H3. The van der Waals surface area contributed by atoms with Gasteiger partial charge in [-0.15, -0.1) is 0 Å². The molecule has 0 spiro atoms. The molecule has 0 amide bonds. The van der Waals surface area contributed by atoms with Gasteiger partial charge in [0.2, 0.25) is 0 Å². The molecule has 4 rings (SSSR count). The second-order valence-corrected chi connectivity index (χ2v) is 8.34. The molecular weight excluding hydrogens is 392 g/mol. The molecule has 0 bridgehead atoms. The molecule has 4 N–H and O–H groups in total. The second-order valence-electron chi connectivity index (χ2n) is 7.27. The van der Waals surface area contributed by atoms with E-state index in [4.69, 9.17) is 4.74 Å². The molecule has 29 heavy (non-hydrogen) atoms. The van der Waals surface area contributed by atoms with Crippen molar-refractivity contribution in [3.8, 4) is 0 Å². The Hall–Kier alpha value is -1.94. The third-order valence-corrected chi connectivity index (χ3v) is 6.30. The number of fused-ring (bicyclic) bond motifs is 1. The molecule has 1 aliphatic heterocycles. The van der Waals surface area contributed by atoms with Gasteiger partial charge in [0.05, 0.1) is 24.2 Å². The molecule has 5 atom stereocenters. The Kier molecular flexibility index (Phi) is 5.91. The molecule has 2 heterocycles. The van der Waals surface area contributed by atoms with Crippen LogP contribution in [0.4, 0.5) is 0 Å². The summed E-state index contributed by atoms with van der Waals surface area (Å²) in [6.45, 7) is 2.17. The third kappa shape index (κ3) is 4.05. The number of imidazole rings is 1. The number of aryl methyl sites for hydroxylation is 1. The van der Waals surface area contributed by atoms with Crippen molar-refractivity contribution in [1.82, 2.24) is 9.55 Å². The number of nitrogens with zero attached hydrogens (tertiary/aromatic N) is 2. The average Bonchev–Trinajstić information content (AvgIpc) is 3.07. The van der Waals surface area contributed by atoms with Crippen LogP contribution < -0.4 is 0 Å². The molecule has 1 fully saturated rings. The summed E-state index contributed by atoms with van der Waals surface area (Å²) in [6, 6.07) is 16.0. The number of aromatic nitrogens is 2. The fourth-order valence-corrected chi connectivity index (χ4v) is 4.59. The van der Waals surface area contributed by atoms with E-state index >= 15 is 0 Å². The predicted molar refractivity (Wildman–Crippen MR) is 110 cm³/mol. The molecule has 3 aromatic rings. The Morgan fingerprint density at radius 2 is 1.72 bits per heavy atom. The molecule has 0 saturated carbocycles. The highest BCUT2D eigenvalue weighted by Crippen LogP contribution is 2.35. The van der Waals surface area contributed by atoms with Crippen molar-refractivity contribution < 1.29 is 25.2 Å². The number of aliphatic hydroxyl groups excluding tert-OH is 4. The summed E-state index contributed by atoms with van der Waals surface area (Å²) in [7, 11) is 0. The van der Waals surface area contributed by atoms with Gasteiger partial charge in [-0.3, -0.25) is 0 Å². The fourth-order valence-electron chi connectivity index (χ4n) is 3.44. The van der Waals surface area contributed by atoms with Crippen molar-refractivity contribution in [3.63, 3.8) is 0 Å². The normalized spacial score (nSPS) is 27.4. The van der Waals surface area contributed by atoms with Crippen LogP contribution in [0.5, 0.6) is 0 Å². The molecule has 1 aromatic heterocycles. The maximum atomic E-state index is 10.4. The monoisotopic (exact) mass is 416 g/mol. The largest absolute Gasteiger partial charge is 0.394 e. The number of hydrogen-bond donors (Lipinski definition) is 4. The van der Waals surface area contributed by atoms with Crippen LogP contribution in [0, 0.1) is 6.92 Å².